The van der Waals surface area contributed by atoms with Crippen LogP contribution in [0.2, 0.25) is 0 Å². The highest BCUT2D eigenvalue weighted by molar-refractivity contribution is 5.99. The number of hydrogen-bond donors (Lipinski definition) is 3. The largest absolute Gasteiger partial charge is 0.478 e. The van der Waals surface area contributed by atoms with Gasteiger partial charge in [0.1, 0.15) is 0 Å². The molecule has 0 spiro atoms. The summed E-state index contributed by atoms with van der Waals surface area (Å²) in [4.78, 5) is 18.3. The first-order valence-electron chi connectivity index (χ1n) is 9.89. The summed E-state index contributed by atoms with van der Waals surface area (Å²) < 4.78 is 0. The summed E-state index contributed by atoms with van der Waals surface area (Å²) >= 11 is 0. The monoisotopic (exact) mass is 402 g/mol. The van der Waals surface area contributed by atoms with Crippen molar-refractivity contribution in [3.05, 3.63) is 108 Å². The summed E-state index contributed by atoms with van der Waals surface area (Å²) in [6.07, 6.45) is 3.76. The maximum absolute atomic E-state index is 12.0. The number of fused-ring (bicyclic) bond motifs is 1. The van der Waals surface area contributed by atoms with Crippen molar-refractivity contribution in [2.45, 2.75) is 0 Å². The van der Waals surface area contributed by atoms with Crippen LogP contribution in [0.1, 0.15) is 21.5 Å². The van der Waals surface area contributed by atoms with Crippen LogP contribution in [0.5, 0.6) is 0 Å². The fourth-order valence-electron chi connectivity index (χ4n) is 3.76. The number of carboxylic acid groups (broad SMARTS) is 1. The molecule has 0 aliphatic carbocycles. The van der Waals surface area contributed by atoms with Crippen LogP contribution in [0, 0.1) is 11.8 Å². The van der Waals surface area contributed by atoms with Crippen molar-refractivity contribution in [1.29, 1.82) is 0 Å². The fourth-order valence-corrected chi connectivity index (χ4v) is 3.76. The van der Waals surface area contributed by atoms with Crippen LogP contribution in [0.3, 0.4) is 0 Å². The summed E-state index contributed by atoms with van der Waals surface area (Å²) in [5, 5.41) is 10.9. The third kappa shape index (κ3) is 3.61. The predicted molar refractivity (Wildman–Crippen MR) is 123 cm³/mol. The fraction of sp³-hybridized carbons (Fsp3) is 0. The second-order valence-corrected chi connectivity index (χ2v) is 7.23. The zero-order valence-electron chi connectivity index (χ0n) is 16.5. The Morgan fingerprint density at radius 3 is 2.52 bits per heavy atom. The van der Waals surface area contributed by atoms with Crippen LogP contribution in [0.25, 0.3) is 33.3 Å². The van der Waals surface area contributed by atoms with Crippen LogP contribution in [0.15, 0.2) is 91.3 Å². The van der Waals surface area contributed by atoms with Gasteiger partial charge in [-0.2, -0.15) is 0 Å². The quantitative estimate of drug-likeness (QED) is 0.328. The van der Waals surface area contributed by atoms with Crippen molar-refractivity contribution in [2.24, 2.45) is 0 Å². The minimum Gasteiger partial charge on any atom is -0.478 e. The number of hydrogen-bond acceptors (Lipinski definition) is 1. The van der Waals surface area contributed by atoms with Gasteiger partial charge in [0, 0.05) is 40.3 Å². The SMILES string of the molecule is O=C(O)c1cccc(C#Cc2cccc(-c3ccc[nH]3)c2)c1-c1ccc2cc[nH]c2c1. The lowest BCUT2D eigenvalue weighted by Gasteiger charge is -2.10. The van der Waals surface area contributed by atoms with Crippen molar-refractivity contribution < 1.29 is 9.90 Å². The van der Waals surface area contributed by atoms with Gasteiger partial charge in [-0.25, -0.2) is 4.79 Å². The molecule has 0 unspecified atom stereocenters. The zero-order chi connectivity index (χ0) is 21.2. The van der Waals surface area contributed by atoms with Gasteiger partial charge in [-0.05, 0) is 65.0 Å². The van der Waals surface area contributed by atoms with Crippen molar-refractivity contribution in [2.75, 3.05) is 0 Å². The highest BCUT2D eigenvalue weighted by atomic mass is 16.4. The molecule has 0 radical (unpaired) electrons. The van der Waals surface area contributed by atoms with E-state index in [0.29, 0.717) is 11.1 Å². The average Bonchev–Trinajstić information content (AvgIpc) is 3.49. The second kappa shape index (κ2) is 7.74. The van der Waals surface area contributed by atoms with Gasteiger partial charge < -0.3 is 15.1 Å². The highest BCUT2D eigenvalue weighted by Crippen LogP contribution is 2.30. The van der Waals surface area contributed by atoms with Crippen LogP contribution >= 0.6 is 0 Å². The maximum Gasteiger partial charge on any atom is 0.336 e. The highest BCUT2D eigenvalue weighted by Gasteiger charge is 2.15. The lowest BCUT2D eigenvalue weighted by molar-refractivity contribution is 0.0697. The van der Waals surface area contributed by atoms with E-state index >= 15 is 0 Å². The molecule has 3 N–H and O–H groups in total. The van der Waals surface area contributed by atoms with E-state index in [1.165, 1.54) is 0 Å². The van der Waals surface area contributed by atoms with Crippen molar-refractivity contribution in [1.82, 2.24) is 9.97 Å². The molecule has 0 amide bonds. The lowest BCUT2D eigenvalue weighted by Crippen LogP contribution is -2.01. The molecule has 5 rings (SSSR count). The number of rotatable bonds is 3. The number of H-pyrrole nitrogens is 2. The Bertz CT molecular complexity index is 1460. The smallest absolute Gasteiger partial charge is 0.336 e. The Morgan fingerprint density at radius 2 is 1.68 bits per heavy atom. The molecule has 4 heteroatoms. The van der Waals surface area contributed by atoms with Crippen molar-refractivity contribution >= 4 is 16.9 Å². The van der Waals surface area contributed by atoms with Gasteiger partial charge in [0.2, 0.25) is 0 Å². The van der Waals surface area contributed by atoms with Crippen LogP contribution in [-0.2, 0) is 0 Å². The Labute approximate surface area is 179 Å². The van der Waals surface area contributed by atoms with E-state index in [9.17, 15) is 9.90 Å². The van der Waals surface area contributed by atoms with E-state index in [1.807, 2.05) is 79.1 Å². The van der Waals surface area contributed by atoms with Crippen LogP contribution < -0.4 is 0 Å². The van der Waals surface area contributed by atoms with E-state index in [2.05, 4.69) is 21.8 Å². The Kier molecular flexibility index (Phi) is 4.62. The molecule has 0 bridgehead atoms. The van der Waals surface area contributed by atoms with Crippen molar-refractivity contribution in [3.8, 4) is 34.2 Å². The van der Waals surface area contributed by atoms with Gasteiger partial charge in [0.05, 0.1) is 5.56 Å². The third-order valence-electron chi connectivity index (χ3n) is 5.25. The molecule has 0 saturated heterocycles. The second-order valence-electron chi connectivity index (χ2n) is 7.23. The predicted octanol–water partition coefficient (Wildman–Crippen LogP) is 5.93. The summed E-state index contributed by atoms with van der Waals surface area (Å²) in [7, 11) is 0. The molecule has 4 nitrogen and oxygen atoms in total. The standard InChI is InChI=1S/C27H18N2O2/c30-27(31)23-7-2-5-20(26(23)22-12-11-19-13-15-29-25(19)17-22)10-9-18-4-1-6-21(16-18)24-8-3-14-28-24/h1-8,11-17,28-29H,(H,30,31). The van der Waals surface area contributed by atoms with Gasteiger partial charge in [-0.3, -0.25) is 0 Å². The molecular formula is C27H18N2O2. The summed E-state index contributed by atoms with van der Waals surface area (Å²) in [6.45, 7) is 0. The van der Waals surface area contributed by atoms with Gasteiger partial charge in [0.25, 0.3) is 0 Å². The molecule has 0 atom stereocenters. The van der Waals surface area contributed by atoms with E-state index in [1.54, 1.807) is 12.1 Å². The number of aromatic nitrogens is 2. The van der Waals surface area contributed by atoms with Crippen LogP contribution in [0.4, 0.5) is 0 Å². The molecule has 31 heavy (non-hydrogen) atoms. The van der Waals surface area contributed by atoms with Gasteiger partial charge in [-0.1, -0.05) is 42.2 Å². The number of nitrogens with one attached hydrogen (secondary N) is 2. The molecule has 5 aromatic rings. The van der Waals surface area contributed by atoms with Gasteiger partial charge >= 0.3 is 5.97 Å². The first-order chi connectivity index (χ1) is 15.2. The molecular weight excluding hydrogens is 384 g/mol. The third-order valence-corrected chi connectivity index (χ3v) is 5.25. The normalized spacial score (nSPS) is 10.6. The minimum atomic E-state index is -0.973. The van der Waals surface area contributed by atoms with Crippen LogP contribution in [-0.4, -0.2) is 21.0 Å². The first-order valence-corrected chi connectivity index (χ1v) is 9.89. The Balaban J connectivity index is 1.62. The van der Waals surface area contributed by atoms with Crippen molar-refractivity contribution in [3.63, 3.8) is 0 Å². The van der Waals surface area contributed by atoms with Gasteiger partial charge in [0.15, 0.2) is 0 Å². The number of carbonyl (C=O) groups is 1. The summed E-state index contributed by atoms with van der Waals surface area (Å²) in [5.41, 5.74) is 6.24. The topological polar surface area (TPSA) is 68.9 Å². The van der Waals surface area contributed by atoms with Gasteiger partial charge in [-0.15, -0.1) is 0 Å². The Morgan fingerprint density at radius 1 is 0.774 bits per heavy atom. The number of aromatic amines is 2. The molecule has 2 aromatic heterocycles. The van der Waals surface area contributed by atoms with E-state index in [-0.39, 0.29) is 5.56 Å². The molecule has 0 aliphatic rings. The van der Waals surface area contributed by atoms with E-state index < -0.39 is 5.97 Å². The molecule has 148 valence electrons. The zero-order valence-corrected chi connectivity index (χ0v) is 16.5. The van der Waals surface area contributed by atoms with E-state index in [4.69, 9.17) is 0 Å². The molecule has 2 heterocycles. The Hall–Kier alpha value is -4.49. The number of aromatic carboxylic acids is 1. The maximum atomic E-state index is 12.0. The molecule has 0 fully saturated rings. The van der Waals surface area contributed by atoms with E-state index in [0.717, 1.165) is 33.3 Å². The number of benzene rings is 3. The first kappa shape index (κ1) is 18.5. The summed E-state index contributed by atoms with van der Waals surface area (Å²) in [5.74, 6) is 5.44. The molecule has 3 aromatic carbocycles. The molecule has 0 saturated carbocycles. The summed E-state index contributed by atoms with van der Waals surface area (Å²) in [6, 6.07) is 25.0. The lowest BCUT2D eigenvalue weighted by atomic mass is 9.93. The number of carboxylic acids is 1. The minimum absolute atomic E-state index is 0.234. The average molecular weight is 402 g/mol. The molecule has 0 aliphatic heterocycles.